The average molecular weight is 434 g/mol. The number of nitrogens with zero attached hydrogens (tertiary/aromatic N) is 3. The third-order valence-corrected chi connectivity index (χ3v) is 5.24. The molecule has 0 fully saturated rings. The second-order valence-electron chi connectivity index (χ2n) is 8.89. The van der Waals surface area contributed by atoms with E-state index in [1.165, 1.54) is 12.1 Å². The molecule has 0 aliphatic carbocycles. The van der Waals surface area contributed by atoms with Crippen molar-refractivity contribution in [1.82, 2.24) is 9.78 Å². The Morgan fingerprint density at radius 1 is 1.20 bits per heavy atom. The number of anilines is 1. The van der Waals surface area contributed by atoms with Crippen molar-refractivity contribution in [3.63, 3.8) is 0 Å². The predicted octanol–water partition coefficient (Wildman–Crippen LogP) is 3.67. The molecule has 0 bridgehead atoms. The molecule has 0 aliphatic rings. The van der Waals surface area contributed by atoms with Gasteiger partial charge in [-0.1, -0.05) is 20.8 Å². The Hall–Kier alpha value is -2.88. The zero-order chi connectivity index (χ0) is 22.9. The summed E-state index contributed by atoms with van der Waals surface area (Å²) in [6.45, 7) is 12.1. The van der Waals surface area contributed by atoms with Gasteiger partial charge in [0, 0.05) is 23.1 Å². The maximum atomic E-state index is 12.6. The lowest BCUT2D eigenvalue weighted by Crippen LogP contribution is -2.27. The predicted molar refractivity (Wildman–Crippen MR) is 117 cm³/mol. The van der Waals surface area contributed by atoms with Crippen LogP contribution in [0.4, 0.5) is 11.5 Å². The number of carbonyl (C=O) groups is 2. The Kier molecular flexibility index (Phi) is 6.60. The Morgan fingerprint density at radius 2 is 1.83 bits per heavy atom. The third-order valence-electron chi connectivity index (χ3n) is 4.18. The van der Waals surface area contributed by atoms with Crippen LogP contribution < -0.4 is 11.1 Å². The van der Waals surface area contributed by atoms with Crippen LogP contribution in [0.25, 0.3) is 0 Å². The molecule has 0 aliphatic heterocycles. The Balaban J connectivity index is 2.20. The molecule has 0 unspecified atom stereocenters. The minimum Gasteiger partial charge on any atom is -0.366 e. The maximum Gasteiger partial charge on any atom is 0.283 e. The van der Waals surface area contributed by atoms with Crippen LogP contribution in [0.2, 0.25) is 0 Å². The van der Waals surface area contributed by atoms with Crippen molar-refractivity contribution in [3.8, 4) is 0 Å². The highest BCUT2D eigenvalue weighted by Crippen LogP contribution is 2.31. The normalized spacial score (nSPS) is 11.9. The van der Waals surface area contributed by atoms with Gasteiger partial charge in [-0.2, -0.15) is 5.10 Å². The van der Waals surface area contributed by atoms with E-state index in [9.17, 15) is 19.7 Å². The number of benzene rings is 1. The van der Waals surface area contributed by atoms with Crippen LogP contribution in [0.15, 0.2) is 29.2 Å². The van der Waals surface area contributed by atoms with Gasteiger partial charge in [-0.3, -0.25) is 19.7 Å². The first-order valence-electron chi connectivity index (χ1n) is 9.32. The number of nitro groups is 1. The van der Waals surface area contributed by atoms with E-state index < -0.39 is 10.8 Å². The molecule has 2 amide bonds. The smallest absolute Gasteiger partial charge is 0.283 e. The molecule has 2 aromatic rings. The van der Waals surface area contributed by atoms with Crippen LogP contribution in [0.5, 0.6) is 0 Å². The average Bonchev–Trinajstić information content (AvgIpc) is 3.04. The molecular formula is C20H27N5O4S. The van der Waals surface area contributed by atoms with E-state index in [0.29, 0.717) is 5.82 Å². The van der Waals surface area contributed by atoms with Gasteiger partial charge < -0.3 is 11.1 Å². The molecule has 10 heteroatoms. The molecule has 30 heavy (non-hydrogen) atoms. The largest absolute Gasteiger partial charge is 0.366 e. The van der Waals surface area contributed by atoms with Gasteiger partial charge in [0.25, 0.3) is 5.69 Å². The summed E-state index contributed by atoms with van der Waals surface area (Å²) in [6.07, 6.45) is 0. The van der Waals surface area contributed by atoms with Gasteiger partial charge in [-0.15, -0.1) is 11.8 Å². The number of nitrogens with one attached hydrogen (secondary N) is 1. The molecule has 0 spiro atoms. The standard InChI is InChI=1S/C20H27N5O4S/c1-19(2,3)15-10-16(24(23-15)20(4,5)6)22-17(26)11-30-14-8-7-12(18(21)27)9-13(14)25(28)29/h7-10H,11H2,1-6H3,(H2,21,27)(H,22,26). The number of nitrogens with two attached hydrogens (primary N) is 1. The molecule has 9 nitrogen and oxygen atoms in total. The highest BCUT2D eigenvalue weighted by Gasteiger charge is 2.26. The van der Waals surface area contributed by atoms with Crippen LogP contribution in [-0.2, 0) is 15.7 Å². The number of thioether (sulfide) groups is 1. The second-order valence-corrected chi connectivity index (χ2v) is 9.91. The minimum atomic E-state index is -0.752. The fourth-order valence-electron chi connectivity index (χ4n) is 2.61. The van der Waals surface area contributed by atoms with Crippen molar-refractivity contribution in [1.29, 1.82) is 0 Å². The van der Waals surface area contributed by atoms with Crippen molar-refractivity contribution >= 4 is 35.1 Å². The van der Waals surface area contributed by atoms with Gasteiger partial charge in [-0.25, -0.2) is 4.68 Å². The van der Waals surface area contributed by atoms with E-state index in [4.69, 9.17) is 5.73 Å². The number of primary amides is 1. The third kappa shape index (κ3) is 5.59. The summed E-state index contributed by atoms with van der Waals surface area (Å²) in [5.74, 6) is -0.551. The van der Waals surface area contributed by atoms with Gasteiger partial charge in [0.1, 0.15) is 5.82 Å². The first kappa shape index (κ1) is 23.4. The fraction of sp³-hybridized carbons (Fsp3) is 0.450. The topological polar surface area (TPSA) is 133 Å². The van der Waals surface area contributed by atoms with Crippen LogP contribution in [0, 0.1) is 10.1 Å². The van der Waals surface area contributed by atoms with E-state index in [2.05, 4.69) is 10.4 Å². The lowest BCUT2D eigenvalue weighted by atomic mass is 9.92. The zero-order valence-electron chi connectivity index (χ0n) is 18.0. The van der Waals surface area contributed by atoms with Gasteiger partial charge in [0.15, 0.2) is 0 Å². The van der Waals surface area contributed by atoms with E-state index >= 15 is 0 Å². The SMILES string of the molecule is CC(C)(C)c1cc(NC(=O)CSc2ccc(C(N)=O)cc2[N+](=O)[O-])n(C(C)(C)C)n1. The summed E-state index contributed by atoms with van der Waals surface area (Å²) >= 11 is 1.01. The Labute approximate surface area is 179 Å². The van der Waals surface area contributed by atoms with Gasteiger partial charge >= 0.3 is 0 Å². The summed E-state index contributed by atoms with van der Waals surface area (Å²) in [5, 5.41) is 18.8. The number of nitro benzene ring substituents is 1. The van der Waals surface area contributed by atoms with Crippen molar-refractivity contribution in [2.45, 2.75) is 57.4 Å². The van der Waals surface area contributed by atoms with Crippen LogP contribution in [-0.4, -0.2) is 32.3 Å². The zero-order valence-corrected chi connectivity index (χ0v) is 18.8. The molecule has 1 aromatic heterocycles. The van der Waals surface area contributed by atoms with Gasteiger partial charge in [-0.05, 0) is 32.9 Å². The number of hydrogen-bond acceptors (Lipinski definition) is 6. The van der Waals surface area contributed by atoms with Crippen molar-refractivity contribution < 1.29 is 14.5 Å². The number of amides is 2. The molecule has 1 aromatic carbocycles. The minimum absolute atomic E-state index is 0.0410. The molecule has 1 heterocycles. The Morgan fingerprint density at radius 3 is 2.33 bits per heavy atom. The highest BCUT2D eigenvalue weighted by molar-refractivity contribution is 8.00. The molecule has 3 N–H and O–H groups in total. The van der Waals surface area contributed by atoms with Crippen LogP contribution in [0.3, 0.4) is 0 Å². The fourth-order valence-corrected chi connectivity index (χ4v) is 3.41. The first-order valence-corrected chi connectivity index (χ1v) is 10.3. The molecule has 0 saturated heterocycles. The molecule has 162 valence electrons. The number of hydrogen-bond donors (Lipinski definition) is 2. The summed E-state index contributed by atoms with van der Waals surface area (Å²) in [4.78, 5) is 34.8. The lowest BCUT2D eigenvalue weighted by Gasteiger charge is -2.23. The summed E-state index contributed by atoms with van der Waals surface area (Å²) < 4.78 is 1.76. The van der Waals surface area contributed by atoms with Gasteiger partial charge in [0.2, 0.25) is 11.8 Å². The van der Waals surface area contributed by atoms with Crippen molar-refractivity contribution in [2.75, 3.05) is 11.1 Å². The van der Waals surface area contributed by atoms with Crippen LogP contribution in [0.1, 0.15) is 57.6 Å². The monoisotopic (exact) mass is 433 g/mol. The van der Waals surface area contributed by atoms with E-state index in [-0.39, 0.29) is 38.8 Å². The van der Waals surface area contributed by atoms with Gasteiger partial charge in [0.05, 0.1) is 26.8 Å². The maximum absolute atomic E-state index is 12.6. The van der Waals surface area contributed by atoms with E-state index in [1.54, 1.807) is 4.68 Å². The highest BCUT2D eigenvalue weighted by atomic mass is 32.2. The molecule has 0 radical (unpaired) electrons. The summed E-state index contributed by atoms with van der Waals surface area (Å²) in [7, 11) is 0. The Bertz CT molecular complexity index is 986. The first-order chi connectivity index (χ1) is 13.7. The van der Waals surface area contributed by atoms with E-state index in [0.717, 1.165) is 23.5 Å². The van der Waals surface area contributed by atoms with Crippen molar-refractivity contribution in [2.24, 2.45) is 5.73 Å². The molecule has 2 rings (SSSR count). The number of aromatic nitrogens is 2. The van der Waals surface area contributed by atoms with Crippen molar-refractivity contribution in [3.05, 3.63) is 45.6 Å². The molecule has 0 atom stereocenters. The van der Waals surface area contributed by atoms with E-state index in [1.807, 2.05) is 47.6 Å². The number of carbonyl (C=O) groups excluding carboxylic acids is 2. The molecular weight excluding hydrogens is 406 g/mol. The second kappa shape index (κ2) is 8.47. The van der Waals surface area contributed by atoms with Crippen LogP contribution >= 0.6 is 11.8 Å². The number of rotatable bonds is 6. The lowest BCUT2D eigenvalue weighted by molar-refractivity contribution is -0.387. The summed E-state index contributed by atoms with van der Waals surface area (Å²) in [5.41, 5.74) is 5.27. The molecule has 0 saturated carbocycles. The quantitative estimate of drug-likeness (QED) is 0.406. The summed E-state index contributed by atoms with van der Waals surface area (Å²) in [6, 6.07) is 5.79.